The zero-order chi connectivity index (χ0) is 0. The van der Waals surface area contributed by atoms with Crippen molar-refractivity contribution in [3.8, 4) is 0 Å². The Bertz CT molecular complexity index is 11.7. The van der Waals surface area contributed by atoms with Crippen molar-refractivity contribution in [2.45, 2.75) is 0 Å². The minimum Gasteiger partial charge on any atom is -0.870 e. The molecule has 0 aromatic carbocycles. The van der Waals surface area contributed by atoms with Crippen molar-refractivity contribution in [1.29, 1.82) is 0 Å². The van der Waals surface area contributed by atoms with Crippen LogP contribution in [0.4, 0.5) is 0 Å². The Balaban J connectivity index is 0. The predicted octanol–water partition coefficient (Wildman–Crippen LogP) is -1.09. The topological polar surface area (TPSA) is 120 Å². The van der Waals surface area contributed by atoms with Gasteiger partial charge in [-0.1, -0.05) is 0 Å². The van der Waals surface area contributed by atoms with Crippen LogP contribution in [-0.2, 0) is 38.8 Å². The van der Waals surface area contributed by atoms with Gasteiger partial charge in [0.1, 0.15) is 0 Å². The summed E-state index contributed by atoms with van der Waals surface area (Å²) in [4.78, 5) is 0. The third-order valence-electron chi connectivity index (χ3n) is 0. The molecule has 0 spiro atoms. The second kappa shape index (κ2) is 82.3. The van der Waals surface area contributed by atoms with Crippen LogP contribution in [0, 0.1) is 0 Å². The van der Waals surface area contributed by atoms with E-state index < -0.39 is 0 Å². The standard InChI is InChI=1S/Ca.Cu.4H2O.Ti/h;;4*1H2;/q2*+2;;;;;/p-4. The fraction of sp³-hybridized carbons (Fsp3) is 0. The summed E-state index contributed by atoms with van der Waals surface area (Å²) in [5.41, 5.74) is 0. The van der Waals surface area contributed by atoms with Crippen LogP contribution in [0.1, 0.15) is 0 Å². The molecule has 4 nitrogen and oxygen atoms in total. The molecular weight excluding hydrogens is 215 g/mol. The summed E-state index contributed by atoms with van der Waals surface area (Å²) < 4.78 is 0. The summed E-state index contributed by atoms with van der Waals surface area (Å²) in [5.74, 6) is 0. The Morgan fingerprint density at radius 2 is 0.571 bits per heavy atom. The van der Waals surface area contributed by atoms with Gasteiger partial charge in [-0.2, -0.15) is 0 Å². The summed E-state index contributed by atoms with van der Waals surface area (Å²) in [6.07, 6.45) is 0. The van der Waals surface area contributed by atoms with Gasteiger partial charge in [0, 0.05) is 21.7 Å². The molecule has 7 heteroatoms. The van der Waals surface area contributed by atoms with Gasteiger partial charge in [0.05, 0.1) is 0 Å². The maximum Gasteiger partial charge on any atom is 2.00 e. The molecule has 0 aromatic heterocycles. The second-order valence-corrected chi connectivity index (χ2v) is 0. The van der Waals surface area contributed by atoms with Gasteiger partial charge >= 0.3 is 54.8 Å². The van der Waals surface area contributed by atoms with Crippen molar-refractivity contribution in [3.05, 3.63) is 0 Å². The molecule has 0 bridgehead atoms. The van der Waals surface area contributed by atoms with Crippen LogP contribution in [0.25, 0.3) is 0 Å². The summed E-state index contributed by atoms with van der Waals surface area (Å²) in [7, 11) is 0. The van der Waals surface area contributed by atoms with Gasteiger partial charge in [0.2, 0.25) is 0 Å². The Kier molecular flexibility index (Phi) is 1400. The molecule has 0 aromatic rings. The van der Waals surface area contributed by atoms with Gasteiger partial charge in [-0.15, -0.1) is 0 Å². The van der Waals surface area contributed by atoms with Crippen LogP contribution in [0.5, 0.6) is 0 Å². The molecule has 0 aliphatic rings. The second-order valence-electron chi connectivity index (χ2n) is 0. The number of hydrogen-bond acceptors (Lipinski definition) is 4. The molecule has 0 aliphatic carbocycles. The van der Waals surface area contributed by atoms with Crippen molar-refractivity contribution in [3.63, 3.8) is 0 Å². The number of hydrogen-bond donors (Lipinski definition) is 0. The van der Waals surface area contributed by atoms with Crippen LogP contribution in [0.15, 0.2) is 0 Å². The van der Waals surface area contributed by atoms with Crippen molar-refractivity contribution >= 4 is 37.7 Å². The van der Waals surface area contributed by atoms with Crippen LogP contribution in [-0.4, -0.2) is 59.6 Å². The van der Waals surface area contributed by atoms with Crippen LogP contribution in [0.3, 0.4) is 0 Å². The van der Waals surface area contributed by atoms with Crippen LogP contribution < -0.4 is 0 Å². The van der Waals surface area contributed by atoms with E-state index in [2.05, 4.69) is 0 Å². The summed E-state index contributed by atoms with van der Waals surface area (Å²) >= 11 is 0. The first-order valence-corrected chi connectivity index (χ1v) is 0. The fourth-order valence-corrected chi connectivity index (χ4v) is 0. The minimum atomic E-state index is 0. The predicted molar refractivity (Wildman–Crippen MR) is 13.5 cm³/mol. The Hall–Kier alpha value is 2.33. The maximum atomic E-state index is 0. The molecule has 0 saturated carbocycles. The third-order valence-corrected chi connectivity index (χ3v) is 0. The summed E-state index contributed by atoms with van der Waals surface area (Å²) in [6.45, 7) is 0. The van der Waals surface area contributed by atoms with E-state index in [1.807, 2.05) is 0 Å². The molecule has 0 rings (SSSR count). The van der Waals surface area contributed by atoms with Crippen molar-refractivity contribution in [1.82, 2.24) is 0 Å². The molecule has 4 N–H and O–H groups in total. The van der Waals surface area contributed by atoms with E-state index in [4.69, 9.17) is 0 Å². The van der Waals surface area contributed by atoms with Crippen molar-refractivity contribution in [2.75, 3.05) is 0 Å². The quantitative estimate of drug-likeness (QED) is 0.480. The van der Waals surface area contributed by atoms with E-state index in [9.17, 15) is 0 Å². The monoisotopic (exact) mass is 219 g/mol. The van der Waals surface area contributed by atoms with E-state index >= 15 is 0 Å². The van der Waals surface area contributed by atoms with E-state index in [1.165, 1.54) is 0 Å². The Labute approximate surface area is 97.0 Å². The van der Waals surface area contributed by atoms with Gasteiger partial charge < -0.3 is 21.9 Å². The molecule has 0 aliphatic heterocycles. The molecule has 0 heterocycles. The first-order chi connectivity index (χ1) is 0. The van der Waals surface area contributed by atoms with Gasteiger partial charge in [0.25, 0.3) is 0 Å². The Morgan fingerprint density at radius 1 is 0.571 bits per heavy atom. The van der Waals surface area contributed by atoms with E-state index in [1.54, 1.807) is 0 Å². The SMILES string of the molecule is [Ca+2].[Cu+2].[OH-].[OH-].[OH-].[OH-].[Ti]. The molecule has 7 heavy (non-hydrogen) atoms. The number of rotatable bonds is 0. The van der Waals surface area contributed by atoms with Crippen LogP contribution >= 0.6 is 0 Å². The summed E-state index contributed by atoms with van der Waals surface area (Å²) in [5, 5.41) is 0. The molecular formula is H4CaCuO4Ti. The largest absolute Gasteiger partial charge is 2.00 e. The molecule has 0 unspecified atom stereocenters. The normalized spacial score (nSPS) is 0. The molecule has 0 atom stereocenters. The van der Waals surface area contributed by atoms with E-state index in [0.29, 0.717) is 0 Å². The third kappa shape index (κ3) is 61.4. The van der Waals surface area contributed by atoms with Gasteiger partial charge in [0.15, 0.2) is 0 Å². The average molecular weight is 220 g/mol. The van der Waals surface area contributed by atoms with Crippen molar-refractivity contribution < 1.29 is 60.7 Å². The maximum absolute atomic E-state index is 0. The molecule has 45 valence electrons. The van der Waals surface area contributed by atoms with E-state index in [-0.39, 0.29) is 98.4 Å². The zero-order valence-corrected chi connectivity index (χ0v) is 8.01. The van der Waals surface area contributed by atoms with Gasteiger partial charge in [-0.3, -0.25) is 0 Å². The molecule has 0 amide bonds. The first-order valence-electron chi connectivity index (χ1n) is 0. The fourth-order valence-electron chi connectivity index (χ4n) is 0. The van der Waals surface area contributed by atoms with Crippen LogP contribution in [0.2, 0.25) is 0 Å². The molecule has 0 saturated heterocycles. The zero-order valence-electron chi connectivity index (χ0n) is 3.30. The minimum absolute atomic E-state index is 0. The van der Waals surface area contributed by atoms with Crippen molar-refractivity contribution in [2.24, 2.45) is 0 Å². The molecule has 1 radical (unpaired) electrons. The van der Waals surface area contributed by atoms with E-state index in [0.717, 1.165) is 0 Å². The summed E-state index contributed by atoms with van der Waals surface area (Å²) in [6, 6.07) is 0. The molecule has 0 fully saturated rings. The smallest absolute Gasteiger partial charge is 0.870 e. The first kappa shape index (κ1) is 119. The average Bonchev–Trinajstić information content (AvgIpc) is 0. The Morgan fingerprint density at radius 3 is 0.571 bits per heavy atom. The van der Waals surface area contributed by atoms with Gasteiger partial charge in [-0.25, -0.2) is 0 Å². The van der Waals surface area contributed by atoms with Gasteiger partial charge in [-0.05, 0) is 0 Å².